The lowest BCUT2D eigenvalue weighted by molar-refractivity contribution is -0.307. The van der Waals surface area contributed by atoms with Crippen LogP contribution in [0, 0.1) is 23.2 Å². The highest BCUT2D eigenvalue weighted by Crippen LogP contribution is 2.61. The number of ether oxygens (including phenoxy) is 1. The van der Waals surface area contributed by atoms with E-state index in [-0.39, 0.29) is 11.3 Å². The molecule has 144 valence electrons. The van der Waals surface area contributed by atoms with Crippen molar-refractivity contribution in [1.82, 2.24) is 5.43 Å². The molecule has 0 aliphatic heterocycles. The molecule has 0 aromatic heterocycles. The van der Waals surface area contributed by atoms with Crippen molar-refractivity contribution in [1.29, 1.82) is 0 Å². The molecule has 6 heteroatoms. The summed E-state index contributed by atoms with van der Waals surface area (Å²) < 4.78 is 5.02. The number of carbonyl (C=O) groups excluding carboxylic acids is 2. The summed E-state index contributed by atoms with van der Waals surface area (Å²) in [5.41, 5.74) is 3.69. The molecule has 4 aliphatic rings. The van der Waals surface area contributed by atoms with Gasteiger partial charge in [0, 0.05) is 6.42 Å². The first-order valence-corrected chi connectivity index (χ1v) is 9.74. The zero-order valence-electron chi connectivity index (χ0n) is 15.4. The van der Waals surface area contributed by atoms with Gasteiger partial charge in [-0.2, -0.15) is 5.10 Å². The van der Waals surface area contributed by atoms with Crippen molar-refractivity contribution in [3.05, 3.63) is 29.8 Å². The molecule has 5 rings (SSSR count). The highest BCUT2D eigenvalue weighted by molar-refractivity contribution is 5.82. The fourth-order valence-corrected chi connectivity index (χ4v) is 5.86. The van der Waals surface area contributed by atoms with Crippen LogP contribution in [0.3, 0.4) is 0 Å². The van der Waals surface area contributed by atoms with E-state index in [1.807, 2.05) is 0 Å². The summed E-state index contributed by atoms with van der Waals surface area (Å²) in [6.45, 7) is -0.478. The number of hydrogen-bond acceptors (Lipinski definition) is 5. The molecular formula is C21H25N2O4-. The second-order valence-corrected chi connectivity index (χ2v) is 8.62. The third-order valence-electron chi connectivity index (χ3n) is 6.34. The third kappa shape index (κ3) is 4.31. The molecule has 0 heterocycles. The molecule has 6 nitrogen and oxygen atoms in total. The highest BCUT2D eigenvalue weighted by Gasteiger charge is 2.51. The summed E-state index contributed by atoms with van der Waals surface area (Å²) in [5.74, 6) is 1.70. The fraction of sp³-hybridized carbons (Fsp3) is 0.571. The normalized spacial score (nSPS) is 31.2. The number of benzene rings is 1. The van der Waals surface area contributed by atoms with Crippen molar-refractivity contribution in [2.24, 2.45) is 28.3 Å². The largest absolute Gasteiger partial charge is 0.546 e. The molecule has 0 saturated heterocycles. The molecular weight excluding hydrogens is 344 g/mol. The molecule has 4 fully saturated rings. The van der Waals surface area contributed by atoms with Crippen LogP contribution in [0.4, 0.5) is 0 Å². The van der Waals surface area contributed by atoms with Gasteiger partial charge in [0.15, 0.2) is 0 Å². The van der Waals surface area contributed by atoms with Crippen molar-refractivity contribution in [3.63, 3.8) is 0 Å². The van der Waals surface area contributed by atoms with Crippen LogP contribution in [0.15, 0.2) is 29.4 Å². The van der Waals surface area contributed by atoms with E-state index in [1.165, 1.54) is 38.5 Å². The van der Waals surface area contributed by atoms with Crippen LogP contribution in [0.25, 0.3) is 0 Å². The van der Waals surface area contributed by atoms with E-state index in [2.05, 4.69) is 10.5 Å². The van der Waals surface area contributed by atoms with Gasteiger partial charge < -0.3 is 14.6 Å². The molecule has 0 atom stereocenters. The van der Waals surface area contributed by atoms with E-state index in [4.69, 9.17) is 4.74 Å². The van der Waals surface area contributed by atoms with Crippen LogP contribution < -0.4 is 15.3 Å². The topological polar surface area (TPSA) is 90.8 Å². The van der Waals surface area contributed by atoms with Crippen molar-refractivity contribution in [3.8, 4) is 5.75 Å². The number of carboxylic acids is 1. The molecule has 4 saturated carbocycles. The Morgan fingerprint density at radius 1 is 1.11 bits per heavy atom. The van der Waals surface area contributed by atoms with Crippen molar-refractivity contribution < 1.29 is 19.4 Å². The first-order chi connectivity index (χ1) is 13.0. The van der Waals surface area contributed by atoms with E-state index in [0.29, 0.717) is 12.2 Å². The number of hydrazone groups is 1. The molecule has 0 unspecified atom stereocenters. The number of hydrogen-bond donors (Lipinski definition) is 1. The van der Waals surface area contributed by atoms with Gasteiger partial charge in [-0.3, -0.25) is 4.79 Å². The van der Waals surface area contributed by atoms with E-state index < -0.39 is 12.6 Å². The summed E-state index contributed by atoms with van der Waals surface area (Å²) in [7, 11) is 0. The van der Waals surface area contributed by atoms with Crippen LogP contribution >= 0.6 is 0 Å². The Morgan fingerprint density at radius 3 is 2.26 bits per heavy atom. The van der Waals surface area contributed by atoms with E-state index >= 15 is 0 Å². The van der Waals surface area contributed by atoms with Crippen LogP contribution in [0.1, 0.15) is 50.5 Å². The van der Waals surface area contributed by atoms with Gasteiger partial charge in [-0.1, -0.05) is 0 Å². The van der Waals surface area contributed by atoms with Gasteiger partial charge in [0.1, 0.15) is 12.4 Å². The molecule has 1 aromatic rings. The maximum Gasteiger partial charge on any atom is 0.240 e. The van der Waals surface area contributed by atoms with E-state index in [1.54, 1.807) is 30.5 Å². The number of amides is 1. The van der Waals surface area contributed by atoms with Crippen molar-refractivity contribution >= 4 is 18.1 Å². The first-order valence-electron chi connectivity index (χ1n) is 9.74. The molecule has 1 amide bonds. The monoisotopic (exact) mass is 369 g/mol. The van der Waals surface area contributed by atoms with Gasteiger partial charge >= 0.3 is 0 Å². The summed E-state index contributed by atoms with van der Waals surface area (Å²) in [5, 5.41) is 14.5. The molecule has 27 heavy (non-hydrogen) atoms. The molecule has 1 aromatic carbocycles. The summed E-state index contributed by atoms with van der Waals surface area (Å²) in [6.07, 6.45) is 9.94. The number of rotatable bonds is 7. The average molecular weight is 369 g/mol. The van der Waals surface area contributed by atoms with Crippen LogP contribution in [-0.4, -0.2) is 24.7 Å². The van der Waals surface area contributed by atoms with Crippen LogP contribution in [0.5, 0.6) is 5.75 Å². The lowest BCUT2D eigenvalue weighted by Crippen LogP contribution is -2.47. The fourth-order valence-electron chi connectivity index (χ4n) is 5.86. The van der Waals surface area contributed by atoms with Crippen LogP contribution in [0.2, 0.25) is 0 Å². The Kier molecular flexibility index (Phi) is 4.89. The van der Waals surface area contributed by atoms with Crippen LogP contribution in [-0.2, 0) is 9.59 Å². The minimum atomic E-state index is -1.26. The third-order valence-corrected chi connectivity index (χ3v) is 6.34. The number of carboxylic acid groups (broad SMARTS) is 1. The Bertz CT molecular complexity index is 706. The minimum absolute atomic E-state index is 0.00196. The van der Waals surface area contributed by atoms with Gasteiger partial charge in [0.2, 0.25) is 5.91 Å². The maximum atomic E-state index is 12.4. The SMILES string of the molecule is O=C([O-])COc1ccc(/C=N\NC(=O)CC23CC4CC(CC(C4)C2)C3)cc1. The van der Waals surface area contributed by atoms with E-state index in [9.17, 15) is 14.7 Å². The van der Waals surface area contributed by atoms with Gasteiger partial charge in [-0.25, -0.2) is 5.43 Å². The molecule has 1 N–H and O–H groups in total. The summed E-state index contributed by atoms with van der Waals surface area (Å²) in [6, 6.07) is 6.81. The summed E-state index contributed by atoms with van der Waals surface area (Å²) in [4.78, 5) is 22.8. The number of aliphatic carboxylic acids is 1. The maximum absolute atomic E-state index is 12.4. The molecule has 4 aliphatic carbocycles. The second-order valence-electron chi connectivity index (χ2n) is 8.62. The zero-order chi connectivity index (χ0) is 18.9. The van der Waals surface area contributed by atoms with E-state index in [0.717, 1.165) is 23.3 Å². The quantitative estimate of drug-likeness (QED) is 0.587. The Morgan fingerprint density at radius 2 is 1.70 bits per heavy atom. The van der Waals surface area contributed by atoms with Crippen molar-refractivity contribution in [2.45, 2.75) is 44.9 Å². The van der Waals surface area contributed by atoms with Gasteiger partial charge in [-0.15, -0.1) is 0 Å². The highest BCUT2D eigenvalue weighted by atomic mass is 16.5. The molecule has 0 spiro atoms. The van der Waals surface area contributed by atoms with Gasteiger partial charge in [0.25, 0.3) is 0 Å². The standard InChI is InChI=1S/C21H26N2O4/c24-19(11-21-8-15-5-16(9-21)7-17(6-15)10-21)23-22-12-14-1-3-18(4-2-14)27-13-20(25)26/h1-4,12,15-17H,5-11,13H2,(H,23,24)(H,25,26)/p-1/b22-12-. The molecule has 4 bridgehead atoms. The minimum Gasteiger partial charge on any atom is -0.546 e. The first kappa shape index (κ1) is 18.0. The predicted octanol–water partition coefficient (Wildman–Crippen LogP) is 1.87. The zero-order valence-corrected chi connectivity index (χ0v) is 15.4. The predicted molar refractivity (Wildman–Crippen MR) is 97.9 cm³/mol. The number of nitrogens with zero attached hydrogens (tertiary/aromatic N) is 1. The Balaban J connectivity index is 1.27. The Hall–Kier alpha value is -2.37. The number of carbonyl (C=O) groups is 2. The summed E-state index contributed by atoms with van der Waals surface area (Å²) >= 11 is 0. The van der Waals surface area contributed by atoms with Gasteiger partial charge in [-0.05, 0) is 91.5 Å². The lowest BCUT2D eigenvalue weighted by Gasteiger charge is -2.56. The number of nitrogens with one attached hydrogen (secondary N) is 1. The Labute approximate surface area is 159 Å². The van der Waals surface area contributed by atoms with Gasteiger partial charge in [0.05, 0.1) is 12.2 Å². The lowest BCUT2D eigenvalue weighted by atomic mass is 9.49. The molecule has 0 radical (unpaired) electrons. The van der Waals surface area contributed by atoms with Crippen molar-refractivity contribution in [2.75, 3.05) is 6.61 Å². The second kappa shape index (κ2) is 7.33. The average Bonchev–Trinajstić information content (AvgIpc) is 2.59. The smallest absolute Gasteiger partial charge is 0.240 e.